The van der Waals surface area contributed by atoms with Gasteiger partial charge in [-0.25, -0.2) is 0 Å². The van der Waals surface area contributed by atoms with E-state index in [2.05, 4.69) is 33.3 Å². The molecule has 7 rings (SSSR count). The first-order valence-electron chi connectivity index (χ1n) is 26.9. The molecule has 3 fully saturated rings. The Morgan fingerprint density at radius 1 is 0.759 bits per heavy atom. The third kappa shape index (κ3) is 15.3. The highest BCUT2D eigenvalue weighted by molar-refractivity contribution is 6.00. The van der Waals surface area contributed by atoms with Crippen molar-refractivity contribution >= 4 is 47.3 Å². The average molecular weight is 1160 g/mol. The number of nitrogens with two attached hydrogens (primary N) is 1. The van der Waals surface area contributed by atoms with Crippen LogP contribution in [0, 0.1) is 0 Å². The molecular weight excluding hydrogens is 1090 g/mol. The Balaban J connectivity index is 1.20. The zero-order valence-electron chi connectivity index (χ0n) is 45.2. The van der Waals surface area contributed by atoms with E-state index in [4.69, 9.17) is 15.0 Å². The summed E-state index contributed by atoms with van der Waals surface area (Å²) in [7, 11) is 0. The number of amides is 8. The first kappa shape index (κ1) is 62.5. The highest BCUT2D eigenvalue weighted by Crippen LogP contribution is 2.30. The lowest BCUT2D eigenvalue weighted by Gasteiger charge is -2.34. The third-order valence-corrected chi connectivity index (χ3v) is 14.5. The molecule has 4 aromatic rings. The number of aliphatic hydroxyl groups excluding tert-OH is 8. The molecule has 28 nitrogen and oxygen atoms in total. The van der Waals surface area contributed by atoms with Crippen LogP contribution in [0.3, 0.4) is 0 Å². The number of carbonyl (C=O) groups excluding carboxylic acids is 8. The number of benzene rings is 3. The number of unbranched alkanes of at least 4 members (excludes halogenated alkanes) is 2. The monoisotopic (exact) mass is 1160 g/mol. The minimum atomic E-state index is -2.39. The summed E-state index contributed by atoms with van der Waals surface area (Å²) < 4.78 is 11.4. The minimum absolute atomic E-state index is 0.0697. The standard InChI is InChI=1S/C55H69N9O19/c1-3-4-5-20-82-33-16-12-28(13-17-33)40-23-34(62-83-40)27-6-8-30(9-7-27)48(74)57-35-22-39(70)51(77)61-53(79)45-37(68)18-19-63(45)55(81)43(38(69)24-41(56)71)59-52(78)44(47(73)46(72)29-10-14-31(66)15-11-29)60-50(76)36-21-32(67)25-64(36)54(80)42(26(2)65)58-49(35)75/h6-17,23,26,32,35-39,42-47,51,65-70,72-73,77H,3-5,18-22,24-25H2,1-2H3,(H2,56,71)(H,57,74)(H,58,75)(H,59,78)(H,60,76)(H,61,79)/t26-,32-,35+,36+,37+,38-,39-,42+,43+,44+,45+,46+,47+,51-/m1/s1. The molecule has 8 amide bonds. The van der Waals surface area contributed by atoms with Crippen LogP contribution in [-0.4, -0.2) is 207 Å². The average Bonchev–Trinajstić information content (AvgIpc) is 4.08. The van der Waals surface area contributed by atoms with E-state index in [0.29, 0.717) is 39.8 Å². The molecule has 3 aromatic carbocycles. The number of nitrogens with zero attached hydrogens (tertiary/aromatic N) is 3. The number of aromatic hydroxyl groups is 1. The second kappa shape index (κ2) is 27.8. The Hall–Kier alpha value is -8.09. The molecule has 14 atom stereocenters. The molecular formula is C55H69N9O19. The molecule has 4 heterocycles. The van der Waals surface area contributed by atoms with Gasteiger partial charge in [-0.1, -0.05) is 49.2 Å². The van der Waals surface area contributed by atoms with E-state index >= 15 is 0 Å². The fourth-order valence-corrected chi connectivity index (χ4v) is 9.91. The number of phenolic OH excluding ortho intramolecular Hbond substituents is 1. The highest BCUT2D eigenvalue weighted by Gasteiger charge is 2.49. The van der Waals surface area contributed by atoms with Gasteiger partial charge in [0, 0.05) is 48.7 Å². The van der Waals surface area contributed by atoms with Gasteiger partial charge < -0.3 is 97.3 Å². The third-order valence-electron chi connectivity index (χ3n) is 14.5. The number of fused-ring (bicyclic) bond motifs is 2. The SMILES string of the molecule is CCCCCOc1ccc(-c2cc(-c3ccc(C(=O)N[C@H]4C[C@@H](O)[C@@H](O)NC(=O)[C@@H]5[C@@H](O)CCN5C(=O)[C@H]([C@H](O)CC(N)=O)NC(=O)[C@H]([C@H](O)[C@@H](O)c5ccc(O)cc5)NC(=O)[C@@H]5C[C@@H](O)CN5C(=O)[C@H]([C@@H](C)O)NC4=O)cc3)no2)cc1. The van der Waals surface area contributed by atoms with Gasteiger partial charge in [-0.15, -0.1) is 0 Å². The number of ether oxygens (including phenoxy) is 1. The summed E-state index contributed by atoms with van der Waals surface area (Å²) in [4.78, 5) is 114. The summed E-state index contributed by atoms with van der Waals surface area (Å²) in [6.07, 6.45) is -16.1. The Bertz CT molecular complexity index is 2950. The van der Waals surface area contributed by atoms with Gasteiger partial charge >= 0.3 is 0 Å². The van der Waals surface area contributed by atoms with Gasteiger partial charge in [0.15, 0.2) is 12.0 Å². The Morgan fingerprint density at radius 3 is 2.05 bits per heavy atom. The molecule has 0 unspecified atom stereocenters. The van der Waals surface area contributed by atoms with Crippen LogP contribution < -0.4 is 37.1 Å². The van der Waals surface area contributed by atoms with Gasteiger partial charge in [-0.05, 0) is 73.9 Å². The topological polar surface area (TPSA) is 447 Å². The molecule has 3 saturated heterocycles. The van der Waals surface area contributed by atoms with E-state index in [1.54, 1.807) is 18.2 Å². The fraction of sp³-hybridized carbons (Fsp3) is 0.473. The number of rotatable bonds is 16. The lowest BCUT2D eigenvalue weighted by Crippen LogP contribution is -2.64. The summed E-state index contributed by atoms with van der Waals surface area (Å²) in [6, 6.07) is 6.84. The normalized spacial score (nSPS) is 26.4. The van der Waals surface area contributed by atoms with E-state index in [9.17, 15) is 84.3 Å². The van der Waals surface area contributed by atoms with Crippen molar-refractivity contribution < 1.29 is 93.6 Å². The quantitative estimate of drug-likeness (QED) is 0.0488. The van der Waals surface area contributed by atoms with Crippen LogP contribution in [0.5, 0.6) is 11.5 Å². The molecule has 0 aliphatic carbocycles. The van der Waals surface area contributed by atoms with Crippen molar-refractivity contribution in [3.05, 3.63) is 90.0 Å². The van der Waals surface area contributed by atoms with Crippen molar-refractivity contribution in [1.82, 2.24) is 41.5 Å². The molecule has 16 N–H and O–H groups in total. The van der Waals surface area contributed by atoms with E-state index in [1.807, 2.05) is 17.4 Å². The minimum Gasteiger partial charge on any atom is -0.508 e. The first-order valence-corrected chi connectivity index (χ1v) is 26.9. The summed E-state index contributed by atoms with van der Waals surface area (Å²) in [6.45, 7) is 2.64. The van der Waals surface area contributed by atoms with Gasteiger partial charge in [-0.2, -0.15) is 0 Å². The van der Waals surface area contributed by atoms with Crippen LogP contribution in [-0.2, 0) is 33.6 Å². The lowest BCUT2D eigenvalue weighted by atomic mass is 9.96. The number of primary amides is 1. The molecule has 0 radical (unpaired) electrons. The van der Waals surface area contributed by atoms with Crippen molar-refractivity contribution in [3.8, 4) is 34.1 Å². The molecule has 3 aliphatic heterocycles. The summed E-state index contributed by atoms with van der Waals surface area (Å²) in [5, 5.41) is 115. The number of phenols is 1. The maximum Gasteiger partial charge on any atom is 0.251 e. The summed E-state index contributed by atoms with van der Waals surface area (Å²) >= 11 is 0. The molecule has 28 heteroatoms. The highest BCUT2D eigenvalue weighted by atomic mass is 16.5. The maximum atomic E-state index is 14.5. The Kier molecular flexibility index (Phi) is 20.9. The second-order valence-corrected chi connectivity index (χ2v) is 20.7. The van der Waals surface area contributed by atoms with Gasteiger partial charge in [-0.3, -0.25) is 38.4 Å². The summed E-state index contributed by atoms with van der Waals surface area (Å²) in [5.74, 6) is -9.39. The molecule has 1 aromatic heterocycles. The number of aliphatic hydroxyl groups is 8. The number of aromatic nitrogens is 1. The zero-order valence-corrected chi connectivity index (χ0v) is 45.2. The van der Waals surface area contributed by atoms with Crippen LogP contribution in [0.4, 0.5) is 0 Å². The fourth-order valence-electron chi connectivity index (χ4n) is 9.91. The van der Waals surface area contributed by atoms with Crippen LogP contribution in [0.15, 0.2) is 83.4 Å². The van der Waals surface area contributed by atoms with Crippen molar-refractivity contribution in [1.29, 1.82) is 0 Å². The van der Waals surface area contributed by atoms with Crippen molar-refractivity contribution in [2.45, 2.75) is 144 Å². The van der Waals surface area contributed by atoms with Crippen molar-refractivity contribution in [2.24, 2.45) is 5.73 Å². The summed E-state index contributed by atoms with van der Waals surface area (Å²) in [5.41, 5.74) is 6.73. The van der Waals surface area contributed by atoms with Crippen LogP contribution in [0.25, 0.3) is 22.6 Å². The van der Waals surface area contributed by atoms with Gasteiger partial charge in [0.05, 0.1) is 37.4 Å². The van der Waals surface area contributed by atoms with E-state index < -0.39 is 165 Å². The smallest absolute Gasteiger partial charge is 0.251 e. The van der Waals surface area contributed by atoms with Gasteiger partial charge in [0.2, 0.25) is 41.4 Å². The zero-order chi connectivity index (χ0) is 60.4. The van der Waals surface area contributed by atoms with E-state index in [0.717, 1.165) is 55.4 Å². The predicted octanol–water partition coefficient (Wildman–Crippen LogP) is -3.33. The second-order valence-electron chi connectivity index (χ2n) is 20.7. The van der Waals surface area contributed by atoms with Crippen molar-refractivity contribution in [2.75, 3.05) is 19.7 Å². The molecule has 0 spiro atoms. The largest absolute Gasteiger partial charge is 0.508 e. The molecule has 448 valence electrons. The predicted molar refractivity (Wildman–Crippen MR) is 287 cm³/mol. The number of hydrogen-bond donors (Lipinski definition) is 15. The number of nitrogens with one attached hydrogen (secondary N) is 5. The first-order chi connectivity index (χ1) is 39.4. The lowest BCUT2D eigenvalue weighted by molar-refractivity contribution is -0.149. The van der Waals surface area contributed by atoms with Crippen LogP contribution in [0.2, 0.25) is 0 Å². The van der Waals surface area contributed by atoms with E-state index in [1.165, 1.54) is 24.3 Å². The maximum absolute atomic E-state index is 14.5. The van der Waals surface area contributed by atoms with E-state index in [-0.39, 0.29) is 23.3 Å². The van der Waals surface area contributed by atoms with Gasteiger partial charge in [0.25, 0.3) is 5.91 Å². The Labute approximate surface area is 474 Å². The molecule has 83 heavy (non-hydrogen) atoms. The van der Waals surface area contributed by atoms with Gasteiger partial charge in [0.1, 0.15) is 71.8 Å². The molecule has 3 aliphatic rings. The van der Waals surface area contributed by atoms with Crippen LogP contribution >= 0.6 is 0 Å². The Morgan fingerprint density at radius 2 is 1.40 bits per heavy atom. The number of hydrogen-bond acceptors (Lipinski definition) is 20. The van der Waals surface area contributed by atoms with Crippen molar-refractivity contribution in [3.63, 3.8) is 0 Å². The van der Waals surface area contributed by atoms with Crippen LogP contribution in [0.1, 0.15) is 80.8 Å². The number of carbonyl (C=O) groups is 8. The molecule has 0 bridgehead atoms. The molecule has 0 saturated carbocycles.